The maximum absolute atomic E-state index is 11.4. The number of anilines is 4. The zero-order valence-electron chi connectivity index (χ0n) is 17.7. The summed E-state index contributed by atoms with van der Waals surface area (Å²) in [5.41, 5.74) is 2.70. The Labute approximate surface area is 194 Å². The fourth-order valence-electron chi connectivity index (χ4n) is 3.48. The molecule has 0 aliphatic carbocycles. The monoisotopic (exact) mass is 456 g/mol. The topological polar surface area (TPSA) is 139 Å². The fraction of sp³-hybridized carbons (Fsp3) is 0. The van der Waals surface area contributed by atoms with E-state index in [0.29, 0.717) is 33.9 Å². The molecule has 0 spiro atoms. The Hall–Kier alpha value is -4.98. The van der Waals surface area contributed by atoms with Crippen molar-refractivity contribution in [2.24, 2.45) is 0 Å². The molecule has 0 heterocycles. The largest absolute Gasteiger partial charge is 0.506 e. The molecule has 0 unspecified atom stereocenters. The van der Waals surface area contributed by atoms with E-state index >= 15 is 0 Å². The summed E-state index contributed by atoms with van der Waals surface area (Å²) in [6.07, 6.45) is 0. The van der Waals surface area contributed by atoms with Gasteiger partial charge in [-0.2, -0.15) is 0 Å². The number of hydrogen-bond acceptors (Lipinski definition) is 6. The Balaban J connectivity index is 1.58. The zero-order chi connectivity index (χ0) is 24.2. The molecule has 0 amide bonds. The fourth-order valence-corrected chi connectivity index (χ4v) is 3.48. The quantitative estimate of drug-likeness (QED) is 0.196. The van der Waals surface area contributed by atoms with Crippen LogP contribution in [0.15, 0.2) is 84.9 Å². The predicted octanol–water partition coefficient (Wildman–Crippen LogP) is 5.65. The van der Waals surface area contributed by atoms with Gasteiger partial charge in [0.1, 0.15) is 11.5 Å². The lowest BCUT2D eigenvalue weighted by atomic mass is 10.0. The average molecular weight is 456 g/mol. The van der Waals surface area contributed by atoms with Crippen molar-refractivity contribution in [2.45, 2.75) is 0 Å². The molecule has 0 bridgehead atoms. The molecule has 4 aromatic carbocycles. The molecule has 8 nitrogen and oxygen atoms in total. The highest BCUT2D eigenvalue weighted by atomic mass is 16.4. The van der Waals surface area contributed by atoms with Crippen LogP contribution in [-0.4, -0.2) is 32.4 Å². The summed E-state index contributed by atoms with van der Waals surface area (Å²) < 4.78 is 0. The number of carboxylic acids is 2. The van der Waals surface area contributed by atoms with Gasteiger partial charge < -0.3 is 31.1 Å². The molecule has 0 aromatic heterocycles. The van der Waals surface area contributed by atoms with Gasteiger partial charge in [0.15, 0.2) is 0 Å². The van der Waals surface area contributed by atoms with Crippen LogP contribution in [0.25, 0.3) is 11.1 Å². The first kappa shape index (κ1) is 22.2. The third-order valence-electron chi connectivity index (χ3n) is 5.18. The number of hydrogen-bond donors (Lipinski definition) is 6. The third kappa shape index (κ3) is 4.61. The molecule has 0 saturated heterocycles. The summed E-state index contributed by atoms with van der Waals surface area (Å²) in [5, 5.41) is 45.5. The maximum Gasteiger partial charge on any atom is 0.337 e. The van der Waals surface area contributed by atoms with Crippen LogP contribution in [0, 0.1) is 0 Å². The van der Waals surface area contributed by atoms with Gasteiger partial charge in [-0.1, -0.05) is 36.4 Å². The molecule has 4 rings (SSSR count). The zero-order valence-corrected chi connectivity index (χ0v) is 17.7. The second-order valence-corrected chi connectivity index (χ2v) is 7.42. The number of phenolic OH excluding ortho intramolecular Hbond substituents is 2. The molecule has 0 aliphatic heterocycles. The highest BCUT2D eigenvalue weighted by molar-refractivity contribution is 5.96. The number of rotatable bonds is 7. The van der Waals surface area contributed by atoms with Gasteiger partial charge in [-0.15, -0.1) is 0 Å². The van der Waals surface area contributed by atoms with Crippen LogP contribution >= 0.6 is 0 Å². The van der Waals surface area contributed by atoms with E-state index in [0.717, 1.165) is 0 Å². The SMILES string of the molecule is O=C(O)c1ccccc1Nc1ccc(-c2ccc(Nc3ccccc3C(=O)O)c(O)c2)cc1O. The summed E-state index contributed by atoms with van der Waals surface area (Å²) in [6.45, 7) is 0. The molecule has 0 saturated carbocycles. The smallest absolute Gasteiger partial charge is 0.337 e. The molecule has 0 radical (unpaired) electrons. The summed E-state index contributed by atoms with van der Waals surface area (Å²) in [6, 6.07) is 22.4. The van der Waals surface area contributed by atoms with Crippen LogP contribution in [0.3, 0.4) is 0 Å². The van der Waals surface area contributed by atoms with Crippen LogP contribution < -0.4 is 10.6 Å². The van der Waals surface area contributed by atoms with Crippen LogP contribution in [-0.2, 0) is 0 Å². The van der Waals surface area contributed by atoms with Crippen molar-refractivity contribution in [1.82, 2.24) is 0 Å². The molecule has 8 heteroatoms. The minimum Gasteiger partial charge on any atom is -0.506 e. The second-order valence-electron chi connectivity index (χ2n) is 7.42. The van der Waals surface area contributed by atoms with Crippen molar-refractivity contribution in [3.63, 3.8) is 0 Å². The first-order valence-corrected chi connectivity index (χ1v) is 10.2. The van der Waals surface area contributed by atoms with Crippen molar-refractivity contribution in [3.05, 3.63) is 96.1 Å². The van der Waals surface area contributed by atoms with Crippen LogP contribution in [0.1, 0.15) is 20.7 Å². The second kappa shape index (κ2) is 9.25. The molecule has 34 heavy (non-hydrogen) atoms. The first-order valence-electron chi connectivity index (χ1n) is 10.2. The van der Waals surface area contributed by atoms with E-state index in [2.05, 4.69) is 10.6 Å². The normalized spacial score (nSPS) is 10.5. The first-order chi connectivity index (χ1) is 16.3. The molecule has 6 N–H and O–H groups in total. The van der Waals surface area contributed by atoms with Crippen molar-refractivity contribution in [3.8, 4) is 22.6 Å². The van der Waals surface area contributed by atoms with Crippen LogP contribution in [0.5, 0.6) is 11.5 Å². The van der Waals surface area contributed by atoms with Crippen molar-refractivity contribution >= 4 is 34.7 Å². The van der Waals surface area contributed by atoms with E-state index in [1.807, 2.05) is 0 Å². The minimum atomic E-state index is -1.09. The molecule has 0 atom stereocenters. The Morgan fingerprint density at radius 3 is 1.26 bits per heavy atom. The predicted molar refractivity (Wildman–Crippen MR) is 129 cm³/mol. The van der Waals surface area contributed by atoms with Gasteiger partial charge in [0.05, 0.1) is 33.9 Å². The number of para-hydroxylation sites is 2. The molecular weight excluding hydrogens is 436 g/mol. The van der Waals surface area contributed by atoms with E-state index in [1.165, 1.54) is 24.3 Å². The molecule has 0 aliphatic rings. The van der Waals surface area contributed by atoms with Gasteiger partial charge in [-0.3, -0.25) is 0 Å². The summed E-state index contributed by atoms with van der Waals surface area (Å²) in [7, 11) is 0. The van der Waals surface area contributed by atoms with E-state index in [4.69, 9.17) is 0 Å². The van der Waals surface area contributed by atoms with Crippen molar-refractivity contribution in [1.29, 1.82) is 0 Å². The van der Waals surface area contributed by atoms with Gasteiger partial charge in [-0.25, -0.2) is 9.59 Å². The third-order valence-corrected chi connectivity index (χ3v) is 5.18. The van der Waals surface area contributed by atoms with Gasteiger partial charge in [0.2, 0.25) is 0 Å². The van der Waals surface area contributed by atoms with Gasteiger partial charge in [0, 0.05) is 0 Å². The molecule has 0 fully saturated rings. The summed E-state index contributed by atoms with van der Waals surface area (Å²) in [5.74, 6) is -2.38. The molecule has 170 valence electrons. The van der Waals surface area contributed by atoms with Crippen molar-refractivity contribution in [2.75, 3.05) is 10.6 Å². The average Bonchev–Trinajstić information content (AvgIpc) is 2.82. The van der Waals surface area contributed by atoms with E-state index in [1.54, 1.807) is 60.7 Å². The molecular formula is C26H20N2O6. The van der Waals surface area contributed by atoms with Gasteiger partial charge in [-0.05, 0) is 59.7 Å². The Morgan fingerprint density at radius 2 is 0.912 bits per heavy atom. The van der Waals surface area contributed by atoms with Gasteiger partial charge >= 0.3 is 11.9 Å². The highest BCUT2D eigenvalue weighted by Crippen LogP contribution is 2.36. The lowest BCUT2D eigenvalue weighted by Crippen LogP contribution is -2.02. The van der Waals surface area contributed by atoms with Gasteiger partial charge in [0.25, 0.3) is 0 Å². The lowest BCUT2D eigenvalue weighted by Gasteiger charge is -2.14. The number of aromatic carboxylic acids is 2. The van der Waals surface area contributed by atoms with E-state index in [9.17, 15) is 30.0 Å². The number of carbonyl (C=O) groups is 2. The van der Waals surface area contributed by atoms with Crippen molar-refractivity contribution < 1.29 is 30.0 Å². The Morgan fingerprint density at radius 1 is 0.529 bits per heavy atom. The van der Waals surface area contributed by atoms with E-state index in [-0.39, 0.29) is 22.6 Å². The summed E-state index contributed by atoms with van der Waals surface area (Å²) in [4.78, 5) is 22.8. The standard InChI is InChI=1S/C26H20N2O6/c29-23-13-15(9-11-21(23)27-19-7-3-1-5-17(19)25(31)32)16-10-12-22(24(30)14-16)28-20-8-4-2-6-18(20)26(33)34/h1-14,27-30H,(H,31,32)(H,33,34). The minimum absolute atomic E-state index is 0.0726. The lowest BCUT2D eigenvalue weighted by molar-refractivity contribution is 0.0687. The molecule has 4 aromatic rings. The van der Waals surface area contributed by atoms with Crippen LogP contribution in [0.4, 0.5) is 22.7 Å². The maximum atomic E-state index is 11.4. The number of nitrogens with one attached hydrogen (secondary N) is 2. The highest BCUT2D eigenvalue weighted by Gasteiger charge is 2.14. The number of benzene rings is 4. The summed E-state index contributed by atoms with van der Waals surface area (Å²) >= 11 is 0. The van der Waals surface area contributed by atoms with Crippen LogP contribution in [0.2, 0.25) is 0 Å². The Bertz CT molecular complexity index is 1290. The van der Waals surface area contributed by atoms with E-state index < -0.39 is 11.9 Å². The number of carboxylic acid groups (broad SMARTS) is 2. The number of phenols is 2. The number of aromatic hydroxyl groups is 2. The Kier molecular flexibility index (Phi) is 6.05.